The minimum absolute atomic E-state index is 0.127. The fourth-order valence-electron chi connectivity index (χ4n) is 2.89. The maximum Gasteiger partial charge on any atom is 0.251 e. The lowest BCUT2D eigenvalue weighted by molar-refractivity contribution is 0.0950. The number of amides is 1. The summed E-state index contributed by atoms with van der Waals surface area (Å²) in [7, 11) is 0. The molecule has 6 heteroatoms. The summed E-state index contributed by atoms with van der Waals surface area (Å²) in [5.74, 6) is 1.05. The highest BCUT2D eigenvalue weighted by Crippen LogP contribution is 2.37. The molecule has 0 aliphatic heterocycles. The van der Waals surface area contributed by atoms with Crippen molar-refractivity contribution in [2.45, 2.75) is 51.5 Å². The maximum atomic E-state index is 12.4. The smallest absolute Gasteiger partial charge is 0.251 e. The van der Waals surface area contributed by atoms with E-state index in [1.54, 1.807) is 24.6 Å². The third kappa shape index (κ3) is 4.71. The number of hydrogen-bond acceptors (Lipinski definition) is 5. The molecule has 2 N–H and O–H groups in total. The molecule has 0 atom stereocenters. The van der Waals surface area contributed by atoms with Crippen LogP contribution >= 0.6 is 0 Å². The second-order valence-electron chi connectivity index (χ2n) is 6.61. The molecular weight excluding hydrogens is 328 g/mol. The van der Waals surface area contributed by atoms with Crippen LogP contribution in [0.4, 0.5) is 5.82 Å². The second-order valence-corrected chi connectivity index (χ2v) is 6.61. The van der Waals surface area contributed by atoms with Crippen LogP contribution in [0.3, 0.4) is 0 Å². The molecule has 2 aromatic heterocycles. The van der Waals surface area contributed by atoms with Crippen molar-refractivity contribution in [2.24, 2.45) is 0 Å². The molecule has 0 bridgehead atoms. The Kier molecular flexibility index (Phi) is 6.41. The Morgan fingerprint density at radius 3 is 3.04 bits per heavy atom. The highest BCUT2D eigenvalue weighted by molar-refractivity contribution is 5.94. The Bertz CT molecular complexity index is 750. The lowest BCUT2D eigenvalue weighted by Gasteiger charge is -2.23. The zero-order chi connectivity index (χ0) is 18.2. The molecule has 26 heavy (non-hydrogen) atoms. The number of anilines is 1. The van der Waals surface area contributed by atoms with Crippen molar-refractivity contribution in [3.8, 4) is 0 Å². The van der Waals surface area contributed by atoms with Crippen LogP contribution in [0.1, 0.15) is 66.6 Å². The first-order valence-electron chi connectivity index (χ1n) is 9.34. The number of hydrogen-bond donors (Lipinski definition) is 2. The molecule has 6 nitrogen and oxygen atoms in total. The first-order chi connectivity index (χ1) is 12.8. The van der Waals surface area contributed by atoms with Gasteiger partial charge in [0.05, 0.1) is 5.69 Å². The summed E-state index contributed by atoms with van der Waals surface area (Å²) in [6.45, 7) is 3.28. The SMILES string of the molecule is CCC/C=C/CNc1cc(C(=O)NCc2conc2C2CCC2)ccn1. The van der Waals surface area contributed by atoms with Gasteiger partial charge in [0.1, 0.15) is 12.1 Å². The number of allylic oxidation sites excluding steroid dienone is 1. The fourth-order valence-corrected chi connectivity index (χ4v) is 2.89. The van der Waals surface area contributed by atoms with E-state index in [-0.39, 0.29) is 5.91 Å². The third-order valence-electron chi connectivity index (χ3n) is 4.65. The van der Waals surface area contributed by atoms with Crippen molar-refractivity contribution >= 4 is 11.7 Å². The fraction of sp³-hybridized carbons (Fsp3) is 0.450. The first kappa shape index (κ1) is 18.2. The van der Waals surface area contributed by atoms with Crippen molar-refractivity contribution in [1.82, 2.24) is 15.5 Å². The standard InChI is InChI=1S/C20H26N4O2/c1-2-3-4-5-10-21-18-12-16(9-11-22-18)20(25)23-13-17-14-26-24-19(17)15-7-6-8-15/h4-5,9,11-12,14-15H,2-3,6-8,10,13H2,1H3,(H,21,22)(H,23,25)/b5-4+. The van der Waals surface area contributed by atoms with E-state index in [9.17, 15) is 4.79 Å². The summed E-state index contributed by atoms with van der Waals surface area (Å²) in [5.41, 5.74) is 2.55. The van der Waals surface area contributed by atoms with E-state index in [4.69, 9.17) is 4.52 Å². The van der Waals surface area contributed by atoms with E-state index >= 15 is 0 Å². The number of nitrogens with one attached hydrogen (secondary N) is 2. The van der Waals surface area contributed by atoms with Gasteiger partial charge in [-0.05, 0) is 31.4 Å². The van der Waals surface area contributed by atoms with E-state index in [1.807, 2.05) is 0 Å². The molecule has 1 fully saturated rings. The van der Waals surface area contributed by atoms with Crippen LogP contribution in [0.2, 0.25) is 0 Å². The number of unbranched alkanes of at least 4 members (excludes halogenated alkanes) is 1. The van der Waals surface area contributed by atoms with Gasteiger partial charge in [0.15, 0.2) is 0 Å². The van der Waals surface area contributed by atoms with Crippen molar-refractivity contribution in [3.05, 3.63) is 53.6 Å². The molecule has 2 heterocycles. The molecule has 3 rings (SSSR count). The number of rotatable bonds is 9. The first-order valence-corrected chi connectivity index (χ1v) is 9.34. The molecule has 1 aliphatic carbocycles. The Morgan fingerprint density at radius 1 is 1.38 bits per heavy atom. The number of pyridine rings is 1. The zero-order valence-electron chi connectivity index (χ0n) is 15.2. The highest BCUT2D eigenvalue weighted by Gasteiger charge is 2.25. The van der Waals surface area contributed by atoms with Crippen LogP contribution in [0.25, 0.3) is 0 Å². The van der Waals surface area contributed by atoms with Gasteiger partial charge in [-0.3, -0.25) is 4.79 Å². The molecule has 0 unspecified atom stereocenters. The van der Waals surface area contributed by atoms with E-state index in [0.29, 0.717) is 30.4 Å². The molecule has 1 aliphatic rings. The minimum atomic E-state index is -0.127. The van der Waals surface area contributed by atoms with Crippen molar-refractivity contribution in [2.75, 3.05) is 11.9 Å². The largest absolute Gasteiger partial charge is 0.367 e. The van der Waals surface area contributed by atoms with Crippen molar-refractivity contribution < 1.29 is 9.32 Å². The average molecular weight is 354 g/mol. The van der Waals surface area contributed by atoms with Gasteiger partial charge in [-0.1, -0.05) is 37.1 Å². The molecule has 0 saturated heterocycles. The van der Waals surface area contributed by atoms with Crippen LogP contribution < -0.4 is 10.6 Å². The topological polar surface area (TPSA) is 80.0 Å². The van der Waals surface area contributed by atoms with Gasteiger partial charge in [-0.15, -0.1) is 0 Å². The molecule has 0 spiro atoms. The van der Waals surface area contributed by atoms with Crippen LogP contribution in [0.15, 0.2) is 41.3 Å². The molecule has 138 valence electrons. The summed E-state index contributed by atoms with van der Waals surface area (Å²) in [4.78, 5) is 16.7. The minimum Gasteiger partial charge on any atom is -0.367 e. The molecule has 1 saturated carbocycles. The van der Waals surface area contributed by atoms with Gasteiger partial charge < -0.3 is 15.2 Å². The van der Waals surface area contributed by atoms with E-state index in [2.05, 4.69) is 39.8 Å². The third-order valence-corrected chi connectivity index (χ3v) is 4.65. The van der Waals surface area contributed by atoms with Gasteiger partial charge in [-0.25, -0.2) is 4.98 Å². The van der Waals surface area contributed by atoms with Crippen LogP contribution in [0, 0.1) is 0 Å². The van der Waals surface area contributed by atoms with Gasteiger partial charge in [0.25, 0.3) is 5.91 Å². The highest BCUT2D eigenvalue weighted by atomic mass is 16.5. The molecule has 0 aromatic carbocycles. The molecule has 2 aromatic rings. The number of aromatic nitrogens is 2. The van der Waals surface area contributed by atoms with E-state index in [0.717, 1.165) is 36.9 Å². The van der Waals surface area contributed by atoms with Crippen molar-refractivity contribution in [3.63, 3.8) is 0 Å². The molecular formula is C20H26N4O2. The second kappa shape index (κ2) is 9.17. The predicted octanol–water partition coefficient (Wildman–Crippen LogP) is 4.04. The van der Waals surface area contributed by atoms with Crippen molar-refractivity contribution in [1.29, 1.82) is 0 Å². The zero-order valence-corrected chi connectivity index (χ0v) is 15.2. The summed E-state index contributed by atoms with van der Waals surface area (Å²) in [6.07, 6.45) is 13.3. The summed E-state index contributed by atoms with van der Waals surface area (Å²) in [6, 6.07) is 3.48. The lowest BCUT2D eigenvalue weighted by atomic mass is 9.81. The van der Waals surface area contributed by atoms with E-state index in [1.165, 1.54) is 6.42 Å². The van der Waals surface area contributed by atoms with Crippen LogP contribution in [0.5, 0.6) is 0 Å². The maximum absolute atomic E-state index is 12.4. The number of carbonyl (C=O) groups is 1. The predicted molar refractivity (Wildman–Crippen MR) is 101 cm³/mol. The van der Waals surface area contributed by atoms with Crippen LogP contribution in [-0.2, 0) is 6.54 Å². The lowest BCUT2D eigenvalue weighted by Crippen LogP contribution is -2.24. The molecule has 1 amide bonds. The summed E-state index contributed by atoms with van der Waals surface area (Å²) >= 11 is 0. The average Bonchev–Trinajstić information content (AvgIpc) is 3.06. The summed E-state index contributed by atoms with van der Waals surface area (Å²) in [5, 5.41) is 10.3. The molecule has 0 radical (unpaired) electrons. The Hall–Kier alpha value is -2.63. The summed E-state index contributed by atoms with van der Waals surface area (Å²) < 4.78 is 5.10. The quantitative estimate of drug-likeness (QED) is 0.665. The monoisotopic (exact) mass is 354 g/mol. The van der Waals surface area contributed by atoms with E-state index < -0.39 is 0 Å². The van der Waals surface area contributed by atoms with Gasteiger partial charge in [-0.2, -0.15) is 0 Å². The van der Waals surface area contributed by atoms with Gasteiger partial charge in [0.2, 0.25) is 0 Å². The Morgan fingerprint density at radius 2 is 2.27 bits per heavy atom. The van der Waals surface area contributed by atoms with Crippen LogP contribution in [-0.4, -0.2) is 22.6 Å². The Labute approximate surface area is 154 Å². The van der Waals surface area contributed by atoms with Gasteiger partial charge >= 0.3 is 0 Å². The number of carbonyl (C=O) groups excluding carboxylic acids is 1. The number of nitrogens with zero attached hydrogens (tertiary/aromatic N) is 2. The normalized spacial score (nSPS) is 14.3. The van der Waals surface area contributed by atoms with Gasteiger partial charge in [0, 0.05) is 36.3 Å². The Balaban J connectivity index is 1.53.